The minimum Gasteiger partial charge on any atom is -0.0843 e. The molecule has 0 spiro atoms. The van der Waals surface area contributed by atoms with Crippen molar-refractivity contribution in [3.05, 3.63) is 69.7 Å². The monoisotopic (exact) mass is 353 g/mol. The van der Waals surface area contributed by atoms with Gasteiger partial charge in [-0.1, -0.05) is 82.3 Å². The number of hydrogen-bond acceptors (Lipinski definition) is 0. The highest BCUT2D eigenvalue weighted by Crippen LogP contribution is 2.45. The summed E-state index contributed by atoms with van der Waals surface area (Å²) in [7, 11) is 0. The molecular formula is C14H10Cl5+. The van der Waals surface area contributed by atoms with E-state index in [9.17, 15) is 0 Å². The van der Waals surface area contributed by atoms with Crippen LogP contribution in [0.4, 0.5) is 0 Å². The molecule has 100 valence electrons. The van der Waals surface area contributed by atoms with Gasteiger partial charge in [0.05, 0.1) is 5.92 Å². The number of halogens is 5. The summed E-state index contributed by atoms with van der Waals surface area (Å²) in [5.74, 6) is -0.382. The van der Waals surface area contributed by atoms with Gasteiger partial charge in [-0.2, -0.15) is 0 Å². The van der Waals surface area contributed by atoms with Crippen molar-refractivity contribution in [3.8, 4) is 0 Å². The van der Waals surface area contributed by atoms with Crippen molar-refractivity contribution in [3.63, 3.8) is 0 Å². The molecule has 0 saturated carbocycles. The van der Waals surface area contributed by atoms with Gasteiger partial charge in [-0.3, -0.25) is 0 Å². The van der Waals surface area contributed by atoms with E-state index in [4.69, 9.17) is 58.0 Å². The Bertz CT molecular complexity index is 500. The average molecular weight is 355 g/mol. The average Bonchev–Trinajstić information content (AvgIpc) is 2.33. The Balaban J connectivity index is 0.00000200. The highest BCUT2D eigenvalue weighted by molar-refractivity contribution is 6.68. The van der Waals surface area contributed by atoms with Crippen molar-refractivity contribution in [1.82, 2.24) is 0 Å². The van der Waals surface area contributed by atoms with Crippen LogP contribution in [0.2, 0.25) is 10.0 Å². The summed E-state index contributed by atoms with van der Waals surface area (Å²) in [6.45, 7) is 0. The SMILES string of the molecule is Clc1ccc(C(c2ccc(Cl)cc2)C(Cl)(Cl)Cl)cc1.[H+]. The predicted molar refractivity (Wildman–Crippen MR) is 86.1 cm³/mol. The number of alkyl halides is 3. The second kappa shape index (κ2) is 6.11. The van der Waals surface area contributed by atoms with Gasteiger partial charge in [-0.15, -0.1) is 0 Å². The first kappa shape index (κ1) is 15.3. The highest BCUT2D eigenvalue weighted by atomic mass is 35.6. The van der Waals surface area contributed by atoms with Gasteiger partial charge in [0.15, 0.2) is 0 Å². The zero-order valence-electron chi connectivity index (χ0n) is 10.6. The molecule has 0 atom stereocenters. The lowest BCUT2D eigenvalue weighted by Gasteiger charge is -2.25. The van der Waals surface area contributed by atoms with Gasteiger partial charge in [-0.05, 0) is 35.4 Å². The molecule has 0 bridgehead atoms. The Morgan fingerprint density at radius 2 is 1.00 bits per heavy atom. The Morgan fingerprint density at radius 3 is 1.26 bits per heavy atom. The molecule has 0 unspecified atom stereocenters. The quantitative estimate of drug-likeness (QED) is 0.532. The number of benzene rings is 2. The smallest absolute Gasteiger partial charge is 0.0843 e. The van der Waals surface area contributed by atoms with Crippen LogP contribution in [0.25, 0.3) is 0 Å². The van der Waals surface area contributed by atoms with E-state index >= 15 is 0 Å². The van der Waals surface area contributed by atoms with Gasteiger partial charge in [0.2, 0.25) is 3.79 Å². The first-order chi connectivity index (χ1) is 8.88. The van der Waals surface area contributed by atoms with E-state index in [0.29, 0.717) is 10.0 Å². The lowest BCUT2D eigenvalue weighted by molar-refractivity contribution is 0.839. The van der Waals surface area contributed by atoms with E-state index in [0.717, 1.165) is 11.1 Å². The molecule has 0 amide bonds. The molecule has 0 N–H and O–H groups in total. The summed E-state index contributed by atoms with van der Waals surface area (Å²) >= 11 is 30.1. The molecule has 0 radical (unpaired) electrons. The van der Waals surface area contributed by atoms with E-state index in [2.05, 4.69) is 0 Å². The van der Waals surface area contributed by atoms with Crippen LogP contribution >= 0.6 is 58.0 Å². The summed E-state index contributed by atoms with van der Waals surface area (Å²) in [5, 5.41) is 1.28. The van der Waals surface area contributed by atoms with Crippen LogP contribution in [0.1, 0.15) is 18.5 Å². The fraction of sp³-hybridized carbons (Fsp3) is 0.143. The molecule has 2 aromatic rings. The Hall–Kier alpha value is -0.110. The molecule has 0 aliphatic carbocycles. The maximum Gasteiger partial charge on any atom is 1.00 e. The van der Waals surface area contributed by atoms with E-state index < -0.39 is 3.79 Å². The van der Waals surface area contributed by atoms with Crippen molar-refractivity contribution in [2.24, 2.45) is 0 Å². The third-order valence-corrected chi connectivity index (χ3v) is 3.89. The second-order valence-corrected chi connectivity index (χ2v) is 7.32. The molecule has 0 heterocycles. The van der Waals surface area contributed by atoms with Crippen molar-refractivity contribution < 1.29 is 1.43 Å². The van der Waals surface area contributed by atoms with Gasteiger partial charge >= 0.3 is 1.43 Å². The Morgan fingerprint density at radius 1 is 0.684 bits per heavy atom. The van der Waals surface area contributed by atoms with Gasteiger partial charge < -0.3 is 0 Å². The molecule has 2 rings (SSSR count). The molecule has 0 aromatic heterocycles. The minimum absolute atomic E-state index is 0. The summed E-state index contributed by atoms with van der Waals surface area (Å²) in [5.41, 5.74) is 1.76. The van der Waals surface area contributed by atoms with E-state index in [1.165, 1.54) is 0 Å². The van der Waals surface area contributed by atoms with Crippen molar-refractivity contribution in [1.29, 1.82) is 0 Å². The van der Waals surface area contributed by atoms with Crippen LogP contribution in [-0.4, -0.2) is 3.79 Å². The second-order valence-electron chi connectivity index (χ2n) is 4.08. The normalized spacial score (nSPS) is 11.9. The van der Waals surface area contributed by atoms with Gasteiger partial charge in [-0.25, -0.2) is 0 Å². The van der Waals surface area contributed by atoms with E-state index in [1.54, 1.807) is 24.3 Å². The lowest BCUT2D eigenvalue weighted by atomic mass is 9.92. The van der Waals surface area contributed by atoms with Crippen LogP contribution in [0.3, 0.4) is 0 Å². The van der Waals surface area contributed by atoms with Gasteiger partial charge in [0, 0.05) is 10.0 Å². The summed E-state index contributed by atoms with van der Waals surface area (Å²) in [6.07, 6.45) is 0. The van der Waals surface area contributed by atoms with Crippen LogP contribution in [0, 0.1) is 0 Å². The minimum atomic E-state index is -1.46. The molecule has 0 aliphatic heterocycles. The van der Waals surface area contributed by atoms with Crippen LogP contribution in [-0.2, 0) is 0 Å². The first-order valence-electron chi connectivity index (χ1n) is 5.45. The molecule has 0 aliphatic rings. The lowest BCUT2D eigenvalue weighted by Crippen LogP contribution is -2.18. The van der Waals surface area contributed by atoms with Gasteiger partial charge in [0.25, 0.3) is 0 Å². The van der Waals surface area contributed by atoms with Crippen molar-refractivity contribution in [2.75, 3.05) is 0 Å². The Kier molecular flexibility index (Phi) is 4.92. The fourth-order valence-corrected chi connectivity index (χ4v) is 2.89. The number of rotatable bonds is 2. The van der Waals surface area contributed by atoms with Gasteiger partial charge in [0.1, 0.15) is 0 Å². The zero-order chi connectivity index (χ0) is 14.0. The molecular weight excluding hydrogens is 345 g/mol. The predicted octanol–water partition coefficient (Wildman–Crippen LogP) is 6.61. The van der Waals surface area contributed by atoms with Crippen LogP contribution in [0.15, 0.2) is 48.5 Å². The van der Waals surface area contributed by atoms with Crippen LogP contribution in [0.5, 0.6) is 0 Å². The third kappa shape index (κ3) is 3.93. The van der Waals surface area contributed by atoms with E-state index in [-0.39, 0.29) is 7.34 Å². The first-order valence-corrected chi connectivity index (χ1v) is 7.34. The van der Waals surface area contributed by atoms with Crippen molar-refractivity contribution in [2.45, 2.75) is 9.71 Å². The maximum atomic E-state index is 6.11. The standard InChI is InChI=1S/C14H9Cl5/c15-11-5-1-9(2-6-11)13(14(17,18)19)10-3-7-12(16)8-4-10/h1-8,13H/p+1. The molecule has 19 heavy (non-hydrogen) atoms. The molecule has 0 fully saturated rings. The topological polar surface area (TPSA) is 0 Å². The molecule has 5 heteroatoms. The summed E-state index contributed by atoms with van der Waals surface area (Å²) in [6, 6.07) is 14.5. The molecule has 2 aromatic carbocycles. The fourth-order valence-electron chi connectivity index (χ4n) is 1.88. The van der Waals surface area contributed by atoms with Crippen molar-refractivity contribution >= 4 is 58.0 Å². The van der Waals surface area contributed by atoms with Crippen LogP contribution < -0.4 is 0 Å². The Labute approximate surface area is 138 Å². The summed E-state index contributed by atoms with van der Waals surface area (Å²) in [4.78, 5) is 0. The highest BCUT2D eigenvalue weighted by Gasteiger charge is 2.35. The maximum absolute atomic E-state index is 6.11. The summed E-state index contributed by atoms with van der Waals surface area (Å²) < 4.78 is -1.46. The third-order valence-electron chi connectivity index (χ3n) is 2.73. The zero-order valence-corrected chi connectivity index (χ0v) is 13.4. The molecule has 0 saturated heterocycles. The largest absolute Gasteiger partial charge is 1.00 e. The molecule has 0 nitrogen and oxygen atoms in total. The number of hydrogen-bond donors (Lipinski definition) is 0. The van der Waals surface area contributed by atoms with E-state index in [1.807, 2.05) is 24.3 Å².